The second-order valence-electron chi connectivity index (χ2n) is 7.21. The first-order valence-corrected chi connectivity index (χ1v) is 9.65. The van der Waals surface area contributed by atoms with Gasteiger partial charge in [0.15, 0.2) is 0 Å². The number of carbonyl (C=O) groups excluding carboxylic acids is 1. The molecule has 0 fully saturated rings. The highest BCUT2D eigenvalue weighted by Crippen LogP contribution is 2.14. The largest absolute Gasteiger partial charge is 0.427 e. The topological polar surface area (TPSA) is 76.3 Å². The maximum Gasteiger partial charge on any atom is 0.349 e. The Hall–Kier alpha value is -3.28. The van der Waals surface area contributed by atoms with E-state index >= 15 is 0 Å². The van der Waals surface area contributed by atoms with Crippen LogP contribution in [0.4, 0.5) is 0 Å². The zero-order valence-electron chi connectivity index (χ0n) is 17.0. The molecule has 0 spiro atoms. The standard InChI is InChI=1S/C23H25N3O3/c1-16-13-20(10-9-18-7-5-4-6-8-18)29-23(28)21(16)22(27)26(3)17(2)14-19-15-24-11-12-25-19/h4-8,11-13,15,17H,9-10,14H2,1-3H3. The molecule has 2 aromatic heterocycles. The number of aryl methyl sites for hydroxylation is 3. The van der Waals surface area contributed by atoms with Gasteiger partial charge in [-0.2, -0.15) is 0 Å². The predicted molar refractivity (Wildman–Crippen MR) is 111 cm³/mol. The smallest absolute Gasteiger partial charge is 0.349 e. The molecule has 0 saturated heterocycles. The Kier molecular flexibility index (Phi) is 6.54. The Morgan fingerprint density at radius 1 is 1.17 bits per heavy atom. The lowest BCUT2D eigenvalue weighted by Crippen LogP contribution is -2.39. The number of benzene rings is 1. The van der Waals surface area contributed by atoms with Crippen LogP contribution in [0.25, 0.3) is 0 Å². The summed E-state index contributed by atoms with van der Waals surface area (Å²) in [6.45, 7) is 3.69. The van der Waals surface area contributed by atoms with E-state index in [1.165, 1.54) is 5.56 Å². The molecule has 3 rings (SSSR count). The van der Waals surface area contributed by atoms with Crippen molar-refractivity contribution in [3.05, 3.63) is 93.6 Å². The molecule has 0 bridgehead atoms. The second-order valence-corrected chi connectivity index (χ2v) is 7.21. The molecule has 1 unspecified atom stereocenters. The maximum absolute atomic E-state index is 12.9. The summed E-state index contributed by atoms with van der Waals surface area (Å²) >= 11 is 0. The highest BCUT2D eigenvalue weighted by molar-refractivity contribution is 5.95. The van der Waals surface area contributed by atoms with Crippen LogP contribution in [0.15, 0.2) is 64.2 Å². The number of hydrogen-bond donors (Lipinski definition) is 0. The molecule has 150 valence electrons. The van der Waals surface area contributed by atoms with Crippen molar-refractivity contribution in [2.24, 2.45) is 0 Å². The van der Waals surface area contributed by atoms with Crippen LogP contribution in [0.3, 0.4) is 0 Å². The van der Waals surface area contributed by atoms with E-state index < -0.39 is 5.63 Å². The maximum atomic E-state index is 12.9. The van der Waals surface area contributed by atoms with E-state index in [0.29, 0.717) is 24.2 Å². The number of rotatable bonds is 7. The summed E-state index contributed by atoms with van der Waals surface area (Å²) in [4.78, 5) is 35.3. The second kappa shape index (κ2) is 9.28. The Morgan fingerprint density at radius 2 is 1.93 bits per heavy atom. The molecule has 3 aromatic rings. The van der Waals surface area contributed by atoms with E-state index in [1.807, 2.05) is 37.3 Å². The predicted octanol–water partition coefficient (Wildman–Crippen LogP) is 3.23. The lowest BCUT2D eigenvalue weighted by atomic mass is 10.0. The van der Waals surface area contributed by atoms with Crippen LogP contribution >= 0.6 is 0 Å². The van der Waals surface area contributed by atoms with Crippen molar-refractivity contribution in [2.45, 2.75) is 39.2 Å². The number of carbonyl (C=O) groups is 1. The molecular formula is C23H25N3O3. The third-order valence-corrected chi connectivity index (χ3v) is 5.02. The van der Waals surface area contributed by atoms with Crippen LogP contribution in [0, 0.1) is 6.92 Å². The average molecular weight is 391 g/mol. The lowest BCUT2D eigenvalue weighted by Gasteiger charge is -2.25. The SMILES string of the molecule is Cc1cc(CCc2ccccc2)oc(=O)c1C(=O)N(C)C(C)Cc1cnccn1. The van der Waals surface area contributed by atoms with Gasteiger partial charge in [0.25, 0.3) is 5.91 Å². The number of aromatic nitrogens is 2. The highest BCUT2D eigenvalue weighted by atomic mass is 16.4. The normalized spacial score (nSPS) is 11.8. The summed E-state index contributed by atoms with van der Waals surface area (Å²) in [5.74, 6) is 0.241. The van der Waals surface area contributed by atoms with Crippen molar-refractivity contribution < 1.29 is 9.21 Å². The first-order chi connectivity index (χ1) is 14.0. The van der Waals surface area contributed by atoms with Crippen LogP contribution in [0.2, 0.25) is 0 Å². The Morgan fingerprint density at radius 3 is 2.59 bits per heavy atom. The Bertz CT molecular complexity index is 1020. The third-order valence-electron chi connectivity index (χ3n) is 5.02. The number of nitrogens with zero attached hydrogens (tertiary/aromatic N) is 3. The molecule has 1 amide bonds. The minimum absolute atomic E-state index is 0.0851. The molecule has 29 heavy (non-hydrogen) atoms. The van der Waals surface area contributed by atoms with Crippen LogP contribution in [-0.2, 0) is 19.3 Å². The van der Waals surface area contributed by atoms with Gasteiger partial charge in [-0.1, -0.05) is 30.3 Å². The minimum atomic E-state index is -0.586. The van der Waals surface area contributed by atoms with Gasteiger partial charge in [0.05, 0.1) is 5.69 Å². The van der Waals surface area contributed by atoms with Crippen molar-refractivity contribution in [1.29, 1.82) is 0 Å². The van der Waals surface area contributed by atoms with E-state index in [-0.39, 0.29) is 17.5 Å². The van der Waals surface area contributed by atoms with Crippen molar-refractivity contribution in [3.8, 4) is 0 Å². The summed E-state index contributed by atoms with van der Waals surface area (Å²) in [6.07, 6.45) is 6.83. The van der Waals surface area contributed by atoms with Crippen molar-refractivity contribution in [3.63, 3.8) is 0 Å². The quantitative estimate of drug-likeness (QED) is 0.618. The van der Waals surface area contributed by atoms with Gasteiger partial charge in [-0.15, -0.1) is 0 Å². The summed E-state index contributed by atoms with van der Waals surface area (Å²) in [7, 11) is 1.69. The Balaban J connectivity index is 1.72. The van der Waals surface area contributed by atoms with Crippen LogP contribution < -0.4 is 5.63 Å². The first-order valence-electron chi connectivity index (χ1n) is 9.65. The molecule has 1 atom stereocenters. The van der Waals surface area contributed by atoms with Gasteiger partial charge in [0.1, 0.15) is 11.3 Å². The molecule has 0 aliphatic heterocycles. The zero-order chi connectivity index (χ0) is 20.8. The fourth-order valence-electron chi connectivity index (χ4n) is 3.22. The van der Waals surface area contributed by atoms with E-state index in [1.54, 1.807) is 43.5 Å². The summed E-state index contributed by atoms with van der Waals surface area (Å²) in [5.41, 5.74) is 2.09. The van der Waals surface area contributed by atoms with Gasteiger partial charge in [-0.05, 0) is 37.5 Å². The van der Waals surface area contributed by atoms with E-state index in [0.717, 1.165) is 12.1 Å². The van der Waals surface area contributed by atoms with Gasteiger partial charge in [-0.3, -0.25) is 14.8 Å². The van der Waals surface area contributed by atoms with Crippen LogP contribution in [-0.4, -0.2) is 33.9 Å². The molecule has 2 heterocycles. The number of hydrogen-bond acceptors (Lipinski definition) is 5. The monoisotopic (exact) mass is 391 g/mol. The number of likely N-dealkylation sites (N-methyl/N-ethyl adjacent to an activating group) is 1. The molecular weight excluding hydrogens is 366 g/mol. The Labute approximate surface area is 170 Å². The fourth-order valence-corrected chi connectivity index (χ4v) is 3.22. The minimum Gasteiger partial charge on any atom is -0.427 e. The average Bonchev–Trinajstić information content (AvgIpc) is 2.72. The van der Waals surface area contributed by atoms with Crippen LogP contribution in [0.1, 0.15) is 39.9 Å². The molecule has 6 nitrogen and oxygen atoms in total. The zero-order valence-corrected chi connectivity index (χ0v) is 17.0. The molecule has 0 aliphatic carbocycles. The molecule has 0 N–H and O–H groups in total. The molecule has 1 aromatic carbocycles. The van der Waals surface area contributed by atoms with Gasteiger partial charge in [0, 0.05) is 44.5 Å². The number of amides is 1. The summed E-state index contributed by atoms with van der Waals surface area (Å²) in [5, 5.41) is 0. The van der Waals surface area contributed by atoms with Gasteiger partial charge >= 0.3 is 5.63 Å². The van der Waals surface area contributed by atoms with E-state index in [9.17, 15) is 9.59 Å². The van der Waals surface area contributed by atoms with E-state index in [4.69, 9.17) is 4.42 Å². The van der Waals surface area contributed by atoms with Crippen molar-refractivity contribution in [2.75, 3.05) is 7.05 Å². The highest BCUT2D eigenvalue weighted by Gasteiger charge is 2.24. The van der Waals surface area contributed by atoms with Crippen molar-refractivity contribution >= 4 is 5.91 Å². The summed E-state index contributed by atoms with van der Waals surface area (Å²) < 4.78 is 5.45. The van der Waals surface area contributed by atoms with Gasteiger partial charge in [-0.25, -0.2) is 4.79 Å². The lowest BCUT2D eigenvalue weighted by molar-refractivity contribution is 0.0737. The third kappa shape index (κ3) is 5.16. The molecule has 0 aliphatic rings. The first kappa shape index (κ1) is 20.5. The molecule has 0 radical (unpaired) electrons. The van der Waals surface area contributed by atoms with E-state index in [2.05, 4.69) is 9.97 Å². The van der Waals surface area contributed by atoms with Crippen molar-refractivity contribution in [1.82, 2.24) is 14.9 Å². The van der Waals surface area contributed by atoms with Crippen LogP contribution in [0.5, 0.6) is 0 Å². The fraction of sp³-hybridized carbons (Fsp3) is 0.304. The molecule has 6 heteroatoms. The van der Waals surface area contributed by atoms with Gasteiger partial charge in [0.2, 0.25) is 0 Å². The molecule has 0 saturated carbocycles. The van der Waals surface area contributed by atoms with Gasteiger partial charge < -0.3 is 9.32 Å². The summed E-state index contributed by atoms with van der Waals surface area (Å²) in [6, 6.07) is 11.7.